The number of halogens is 5. The van der Waals surface area contributed by atoms with Gasteiger partial charge in [-0.25, -0.2) is 14.2 Å². The Morgan fingerprint density at radius 1 is 1.53 bits per heavy atom. The van der Waals surface area contributed by atoms with Crippen molar-refractivity contribution in [3.63, 3.8) is 0 Å². The van der Waals surface area contributed by atoms with Crippen LogP contribution >= 0.6 is 22.6 Å². The largest absolute Gasteiger partial charge is 0.574 e. The van der Waals surface area contributed by atoms with Gasteiger partial charge in [0.1, 0.15) is 6.67 Å². The van der Waals surface area contributed by atoms with Crippen molar-refractivity contribution in [1.82, 2.24) is 4.98 Å². The number of hydrogen-bond acceptors (Lipinski definition) is 3. The molecule has 0 bridgehead atoms. The summed E-state index contributed by atoms with van der Waals surface area (Å²) in [5.41, 5.74) is -1.11. The molecule has 1 aromatic rings. The summed E-state index contributed by atoms with van der Waals surface area (Å²) in [7, 11) is 0. The first-order chi connectivity index (χ1) is 7.74. The van der Waals surface area contributed by atoms with Crippen molar-refractivity contribution in [2.24, 2.45) is 0 Å². The number of hydrogen-bond donors (Lipinski definition) is 1. The van der Waals surface area contributed by atoms with Crippen molar-refractivity contribution >= 4 is 28.6 Å². The Labute approximate surface area is 106 Å². The van der Waals surface area contributed by atoms with Gasteiger partial charge in [-0.1, -0.05) is 0 Å². The second-order valence-corrected chi connectivity index (χ2v) is 3.92. The van der Waals surface area contributed by atoms with E-state index in [1.807, 2.05) is 0 Å². The van der Waals surface area contributed by atoms with Gasteiger partial charge in [0.15, 0.2) is 0 Å². The van der Waals surface area contributed by atoms with E-state index in [0.29, 0.717) is 0 Å². The first-order valence-electron chi connectivity index (χ1n) is 3.99. The summed E-state index contributed by atoms with van der Waals surface area (Å²) in [6.07, 6.45) is -4.97. The van der Waals surface area contributed by atoms with Gasteiger partial charge in [0.25, 0.3) is 0 Å². The zero-order chi connectivity index (χ0) is 13.2. The van der Waals surface area contributed by atoms with E-state index in [0.717, 1.165) is 6.07 Å². The number of ether oxygens (including phenoxy) is 1. The van der Waals surface area contributed by atoms with Crippen molar-refractivity contribution in [3.8, 4) is 5.88 Å². The first kappa shape index (κ1) is 13.9. The second kappa shape index (κ2) is 5.02. The highest BCUT2D eigenvalue weighted by atomic mass is 127. The van der Waals surface area contributed by atoms with Crippen LogP contribution in [0.1, 0.15) is 16.1 Å². The first-order valence-corrected chi connectivity index (χ1v) is 5.07. The lowest BCUT2D eigenvalue weighted by Crippen LogP contribution is -2.19. The lowest BCUT2D eigenvalue weighted by atomic mass is 10.2. The average Bonchev–Trinajstić information content (AvgIpc) is 2.18. The monoisotopic (exact) mass is 365 g/mol. The molecular weight excluding hydrogens is 361 g/mol. The third-order valence-corrected chi connectivity index (χ3v) is 2.36. The molecule has 0 unspecified atom stereocenters. The Balaban J connectivity index is 3.23. The lowest BCUT2D eigenvalue weighted by molar-refractivity contribution is -0.276. The zero-order valence-electron chi connectivity index (χ0n) is 7.89. The molecule has 0 atom stereocenters. The van der Waals surface area contributed by atoms with Crippen molar-refractivity contribution in [2.75, 3.05) is 0 Å². The molecule has 0 spiro atoms. The molecule has 9 heteroatoms. The maximum atomic E-state index is 12.4. The molecule has 0 aliphatic rings. The number of aromatic carboxylic acids is 1. The Morgan fingerprint density at radius 2 is 2.12 bits per heavy atom. The van der Waals surface area contributed by atoms with Gasteiger partial charge >= 0.3 is 12.3 Å². The molecule has 0 fully saturated rings. The van der Waals surface area contributed by atoms with Crippen LogP contribution in [0.15, 0.2) is 6.07 Å². The maximum absolute atomic E-state index is 12.4. The molecule has 1 rings (SSSR count). The van der Waals surface area contributed by atoms with Gasteiger partial charge in [0.2, 0.25) is 5.88 Å². The molecule has 4 nitrogen and oxygen atoms in total. The van der Waals surface area contributed by atoms with Gasteiger partial charge in [0, 0.05) is 0 Å². The number of nitrogens with zero attached hydrogens (tertiary/aromatic N) is 1. The van der Waals surface area contributed by atoms with Crippen LogP contribution in [0.3, 0.4) is 0 Å². The summed E-state index contributed by atoms with van der Waals surface area (Å²) in [6, 6.07) is 0.867. The number of aromatic nitrogens is 1. The van der Waals surface area contributed by atoms with Gasteiger partial charge in [-0.3, -0.25) is 0 Å². The molecule has 0 aliphatic heterocycles. The minimum Gasteiger partial charge on any atom is -0.478 e. The normalized spacial score (nSPS) is 11.4. The van der Waals surface area contributed by atoms with Crippen molar-refractivity contribution in [3.05, 3.63) is 20.9 Å². The summed E-state index contributed by atoms with van der Waals surface area (Å²) in [4.78, 5) is 13.8. The zero-order valence-corrected chi connectivity index (χ0v) is 10.0. The van der Waals surface area contributed by atoms with E-state index in [9.17, 15) is 22.4 Å². The average molecular weight is 365 g/mol. The van der Waals surface area contributed by atoms with Gasteiger partial charge in [-0.05, 0) is 28.7 Å². The second-order valence-electron chi connectivity index (χ2n) is 2.76. The van der Waals surface area contributed by atoms with Gasteiger partial charge in [-0.2, -0.15) is 0 Å². The number of carboxylic acid groups (broad SMARTS) is 1. The highest BCUT2D eigenvalue weighted by Gasteiger charge is 2.33. The maximum Gasteiger partial charge on any atom is 0.574 e. The van der Waals surface area contributed by atoms with Crippen LogP contribution in [0.25, 0.3) is 0 Å². The fourth-order valence-corrected chi connectivity index (χ4v) is 1.52. The Morgan fingerprint density at radius 3 is 2.53 bits per heavy atom. The third-order valence-electron chi connectivity index (χ3n) is 1.59. The van der Waals surface area contributed by atoms with Crippen LogP contribution in [0.2, 0.25) is 0 Å². The fraction of sp³-hybridized carbons (Fsp3) is 0.250. The number of carboxylic acids is 1. The molecule has 0 saturated carbocycles. The number of pyridine rings is 1. The van der Waals surface area contributed by atoms with Crippen LogP contribution in [0, 0.1) is 3.57 Å². The van der Waals surface area contributed by atoms with Crippen LogP contribution in [-0.2, 0) is 6.67 Å². The van der Waals surface area contributed by atoms with E-state index < -0.39 is 36.1 Å². The summed E-state index contributed by atoms with van der Waals surface area (Å²) >= 11 is 1.42. The summed E-state index contributed by atoms with van der Waals surface area (Å²) < 4.78 is 51.6. The third kappa shape index (κ3) is 3.68. The molecule has 0 aromatic carbocycles. The SMILES string of the molecule is O=C(O)c1cc(I)c(OC(F)(F)F)nc1CF. The standard InChI is InChI=1S/C8H4F4INO3/c9-2-5-3(7(15)16)1-4(13)6(14-5)17-8(10,11)12/h1H,2H2,(H,15,16). The Hall–Kier alpha value is -1.13. The topological polar surface area (TPSA) is 59.4 Å². The molecule has 17 heavy (non-hydrogen) atoms. The van der Waals surface area contributed by atoms with Crippen LogP contribution < -0.4 is 4.74 Å². The van der Waals surface area contributed by atoms with Crippen LogP contribution in [0.4, 0.5) is 17.6 Å². The van der Waals surface area contributed by atoms with Crippen molar-refractivity contribution < 1.29 is 32.2 Å². The quantitative estimate of drug-likeness (QED) is 0.661. The van der Waals surface area contributed by atoms with E-state index >= 15 is 0 Å². The highest BCUT2D eigenvalue weighted by Crippen LogP contribution is 2.27. The fourth-order valence-electron chi connectivity index (χ4n) is 0.976. The smallest absolute Gasteiger partial charge is 0.478 e. The molecule has 0 aliphatic carbocycles. The van der Waals surface area contributed by atoms with E-state index in [-0.39, 0.29) is 3.57 Å². The Kier molecular flexibility index (Phi) is 4.11. The van der Waals surface area contributed by atoms with E-state index in [1.165, 1.54) is 22.6 Å². The molecule has 0 saturated heterocycles. The van der Waals surface area contributed by atoms with E-state index in [1.54, 1.807) is 0 Å². The highest BCUT2D eigenvalue weighted by molar-refractivity contribution is 14.1. The molecule has 0 amide bonds. The summed E-state index contributed by atoms with van der Waals surface area (Å²) in [5.74, 6) is -2.34. The van der Waals surface area contributed by atoms with Crippen molar-refractivity contribution in [2.45, 2.75) is 13.0 Å². The molecule has 1 aromatic heterocycles. The molecule has 1 heterocycles. The minimum atomic E-state index is -4.97. The molecule has 0 radical (unpaired) electrons. The number of carbonyl (C=O) groups is 1. The number of alkyl halides is 4. The van der Waals surface area contributed by atoms with Gasteiger partial charge in [0.05, 0.1) is 14.8 Å². The van der Waals surface area contributed by atoms with Gasteiger partial charge < -0.3 is 9.84 Å². The molecular formula is C8H4F4INO3. The summed E-state index contributed by atoms with van der Waals surface area (Å²) in [5, 5.41) is 8.67. The minimum absolute atomic E-state index is 0.172. The predicted octanol–water partition coefficient (Wildman–Crippen LogP) is 2.75. The summed E-state index contributed by atoms with van der Waals surface area (Å²) in [6.45, 7) is -1.30. The van der Waals surface area contributed by atoms with Crippen molar-refractivity contribution in [1.29, 1.82) is 0 Å². The number of rotatable bonds is 3. The van der Waals surface area contributed by atoms with Crippen LogP contribution in [-0.4, -0.2) is 22.4 Å². The predicted molar refractivity (Wildman–Crippen MR) is 55.4 cm³/mol. The van der Waals surface area contributed by atoms with Gasteiger partial charge in [-0.15, -0.1) is 13.2 Å². The van der Waals surface area contributed by atoms with E-state index in [2.05, 4.69) is 9.72 Å². The van der Waals surface area contributed by atoms with Crippen LogP contribution in [0.5, 0.6) is 5.88 Å². The molecule has 1 N–H and O–H groups in total. The van der Waals surface area contributed by atoms with E-state index in [4.69, 9.17) is 5.11 Å². The molecule has 94 valence electrons. The lowest BCUT2D eigenvalue weighted by Gasteiger charge is -2.11. The Bertz CT molecular complexity index is 449.